The summed E-state index contributed by atoms with van der Waals surface area (Å²) in [6, 6.07) is 23.7. The molecule has 5 rings (SSSR count). The number of anilines is 2. The third kappa shape index (κ3) is 4.33. The minimum atomic E-state index is -0.435. The first kappa shape index (κ1) is 23.3. The Morgan fingerprint density at radius 3 is 2.42 bits per heavy atom. The number of hydrogen-bond acceptors (Lipinski definition) is 7. The first-order chi connectivity index (χ1) is 17.5. The molecule has 182 valence electrons. The topological polar surface area (TPSA) is 92.2 Å². The van der Waals surface area contributed by atoms with E-state index in [-0.39, 0.29) is 11.7 Å². The maximum atomic E-state index is 13.1. The van der Waals surface area contributed by atoms with Crippen LogP contribution in [0.2, 0.25) is 0 Å². The molecule has 8 heteroatoms. The van der Waals surface area contributed by atoms with E-state index in [0.717, 1.165) is 35.4 Å². The van der Waals surface area contributed by atoms with Crippen LogP contribution in [-0.4, -0.2) is 23.7 Å². The van der Waals surface area contributed by atoms with Crippen molar-refractivity contribution in [2.75, 3.05) is 23.0 Å². The summed E-state index contributed by atoms with van der Waals surface area (Å²) in [4.78, 5) is 26.0. The van der Waals surface area contributed by atoms with Crippen LogP contribution in [0.1, 0.15) is 37.4 Å². The molecule has 0 N–H and O–H groups in total. The van der Waals surface area contributed by atoms with Gasteiger partial charge in [0.15, 0.2) is 0 Å². The normalized spacial score (nSPS) is 15.2. The molecule has 3 aromatic carbocycles. The van der Waals surface area contributed by atoms with E-state index < -0.39 is 10.5 Å². The fourth-order valence-corrected chi connectivity index (χ4v) is 4.66. The first-order valence-corrected chi connectivity index (χ1v) is 12.0. The van der Waals surface area contributed by atoms with Crippen LogP contribution in [0.25, 0.3) is 11.0 Å². The number of benzene rings is 3. The zero-order valence-electron chi connectivity index (χ0n) is 20.1. The standard InChI is InChI=1S/C28H26N4O4/c1-3-30(4-2)23-15-12-20-16-24(28(33)36-27(20)17-23)25-18-26(19-10-13-22(14-11-19)32(34)35)31(29-25)21-8-6-5-7-9-21/h5-17,26H,3-4,18H2,1-2H3. The van der Waals surface area contributed by atoms with Gasteiger partial charge in [0.1, 0.15) is 5.58 Å². The number of non-ortho nitro benzene ring substituents is 1. The van der Waals surface area contributed by atoms with E-state index in [1.54, 1.807) is 12.1 Å². The Hall–Kier alpha value is -4.46. The van der Waals surface area contributed by atoms with Crippen molar-refractivity contribution in [3.05, 3.63) is 111 Å². The van der Waals surface area contributed by atoms with Crippen LogP contribution < -0.4 is 15.5 Å². The molecule has 1 atom stereocenters. The number of nitro benzene ring substituents is 1. The molecule has 1 aliphatic rings. The van der Waals surface area contributed by atoms with Gasteiger partial charge in [0.2, 0.25) is 0 Å². The summed E-state index contributed by atoms with van der Waals surface area (Å²) in [5.74, 6) is 0. The molecular formula is C28H26N4O4. The molecule has 36 heavy (non-hydrogen) atoms. The molecular weight excluding hydrogens is 456 g/mol. The molecule has 0 aliphatic carbocycles. The van der Waals surface area contributed by atoms with Crippen molar-refractivity contribution in [2.45, 2.75) is 26.3 Å². The molecule has 0 spiro atoms. The SMILES string of the molecule is CCN(CC)c1ccc2cc(C3=NN(c4ccccc4)C(c4ccc([N+](=O)[O-])cc4)C3)c(=O)oc2c1. The van der Waals surface area contributed by atoms with Gasteiger partial charge < -0.3 is 9.32 Å². The Morgan fingerprint density at radius 1 is 1.03 bits per heavy atom. The van der Waals surface area contributed by atoms with Crippen LogP contribution in [0, 0.1) is 10.1 Å². The van der Waals surface area contributed by atoms with Crippen molar-refractivity contribution in [1.82, 2.24) is 0 Å². The van der Waals surface area contributed by atoms with E-state index in [1.807, 2.05) is 59.6 Å². The second-order valence-corrected chi connectivity index (χ2v) is 8.64. The zero-order valence-corrected chi connectivity index (χ0v) is 20.1. The largest absolute Gasteiger partial charge is 0.422 e. The summed E-state index contributed by atoms with van der Waals surface area (Å²) in [5.41, 5.74) is 3.92. The van der Waals surface area contributed by atoms with Crippen molar-refractivity contribution in [3.8, 4) is 0 Å². The Balaban J connectivity index is 1.54. The highest BCUT2D eigenvalue weighted by molar-refractivity contribution is 6.04. The maximum absolute atomic E-state index is 13.1. The Morgan fingerprint density at radius 2 is 1.75 bits per heavy atom. The average Bonchev–Trinajstić information content (AvgIpc) is 3.35. The van der Waals surface area contributed by atoms with E-state index >= 15 is 0 Å². The van der Waals surface area contributed by atoms with Gasteiger partial charge in [-0.15, -0.1) is 0 Å². The lowest BCUT2D eigenvalue weighted by Crippen LogP contribution is -2.21. The second-order valence-electron chi connectivity index (χ2n) is 8.64. The summed E-state index contributed by atoms with van der Waals surface area (Å²) >= 11 is 0. The van der Waals surface area contributed by atoms with Crippen molar-refractivity contribution in [1.29, 1.82) is 0 Å². The Labute approximate surface area is 208 Å². The predicted molar refractivity (Wildman–Crippen MR) is 142 cm³/mol. The van der Waals surface area contributed by atoms with Crippen LogP contribution >= 0.6 is 0 Å². The molecule has 0 fully saturated rings. The molecule has 1 aliphatic heterocycles. The second kappa shape index (κ2) is 9.65. The molecule has 0 saturated carbocycles. The van der Waals surface area contributed by atoms with Crippen molar-refractivity contribution < 1.29 is 9.34 Å². The number of hydrazone groups is 1. The van der Waals surface area contributed by atoms with Gasteiger partial charge in [-0.05, 0) is 49.7 Å². The van der Waals surface area contributed by atoms with Crippen LogP contribution in [0.5, 0.6) is 0 Å². The lowest BCUT2D eigenvalue weighted by atomic mass is 9.98. The fourth-order valence-electron chi connectivity index (χ4n) is 4.66. The van der Waals surface area contributed by atoms with Crippen LogP contribution in [0.4, 0.5) is 17.1 Å². The van der Waals surface area contributed by atoms with E-state index in [9.17, 15) is 14.9 Å². The molecule has 4 aromatic rings. The first-order valence-electron chi connectivity index (χ1n) is 12.0. The summed E-state index contributed by atoms with van der Waals surface area (Å²) in [6.07, 6.45) is 0.459. The molecule has 0 radical (unpaired) electrons. The summed E-state index contributed by atoms with van der Waals surface area (Å²) < 4.78 is 5.75. The minimum Gasteiger partial charge on any atom is -0.422 e. The maximum Gasteiger partial charge on any atom is 0.345 e. The van der Waals surface area contributed by atoms with Crippen LogP contribution in [0.15, 0.2) is 93.2 Å². The number of hydrogen-bond donors (Lipinski definition) is 0. The summed E-state index contributed by atoms with van der Waals surface area (Å²) in [7, 11) is 0. The van der Waals surface area contributed by atoms with Gasteiger partial charge in [0.25, 0.3) is 5.69 Å². The van der Waals surface area contributed by atoms with Gasteiger partial charge in [-0.2, -0.15) is 5.10 Å². The van der Waals surface area contributed by atoms with Gasteiger partial charge in [-0.25, -0.2) is 4.79 Å². The number of nitro groups is 1. The van der Waals surface area contributed by atoms with Gasteiger partial charge >= 0.3 is 5.63 Å². The fraction of sp³-hybridized carbons (Fsp3) is 0.214. The minimum absolute atomic E-state index is 0.0309. The lowest BCUT2D eigenvalue weighted by molar-refractivity contribution is -0.384. The van der Waals surface area contributed by atoms with Gasteiger partial charge in [-0.1, -0.05) is 30.3 Å². The third-order valence-corrected chi connectivity index (χ3v) is 6.58. The quantitative estimate of drug-likeness (QED) is 0.185. The van der Waals surface area contributed by atoms with Crippen molar-refractivity contribution in [3.63, 3.8) is 0 Å². The predicted octanol–water partition coefficient (Wildman–Crippen LogP) is 5.90. The van der Waals surface area contributed by atoms with E-state index in [1.165, 1.54) is 12.1 Å². The van der Waals surface area contributed by atoms with E-state index in [4.69, 9.17) is 9.52 Å². The highest BCUT2D eigenvalue weighted by atomic mass is 16.6. The van der Waals surface area contributed by atoms with Gasteiger partial charge in [0, 0.05) is 48.8 Å². The highest BCUT2D eigenvalue weighted by Crippen LogP contribution is 2.37. The molecule has 0 bridgehead atoms. The summed E-state index contributed by atoms with van der Waals surface area (Å²) in [5, 5.41) is 18.6. The Kier molecular flexibility index (Phi) is 6.25. The van der Waals surface area contributed by atoms with Gasteiger partial charge in [-0.3, -0.25) is 15.1 Å². The molecule has 1 unspecified atom stereocenters. The van der Waals surface area contributed by atoms with Crippen LogP contribution in [-0.2, 0) is 0 Å². The average molecular weight is 483 g/mol. The highest BCUT2D eigenvalue weighted by Gasteiger charge is 2.31. The monoisotopic (exact) mass is 482 g/mol. The van der Waals surface area contributed by atoms with E-state index in [2.05, 4.69) is 18.7 Å². The third-order valence-electron chi connectivity index (χ3n) is 6.58. The van der Waals surface area contributed by atoms with Crippen molar-refractivity contribution in [2.24, 2.45) is 5.10 Å². The molecule has 2 heterocycles. The molecule has 1 aromatic heterocycles. The Bertz CT molecular complexity index is 1490. The van der Waals surface area contributed by atoms with Gasteiger partial charge in [0.05, 0.1) is 27.9 Å². The van der Waals surface area contributed by atoms with E-state index in [0.29, 0.717) is 23.3 Å². The lowest BCUT2D eigenvalue weighted by Gasteiger charge is -2.23. The molecule has 0 amide bonds. The molecule has 8 nitrogen and oxygen atoms in total. The van der Waals surface area contributed by atoms with Crippen molar-refractivity contribution >= 4 is 33.7 Å². The smallest absolute Gasteiger partial charge is 0.345 e. The zero-order chi connectivity index (χ0) is 25.2. The number of nitrogens with zero attached hydrogens (tertiary/aromatic N) is 4. The number of fused-ring (bicyclic) bond motifs is 1. The number of para-hydroxylation sites is 1. The summed E-state index contributed by atoms with van der Waals surface area (Å²) in [6.45, 7) is 5.90. The molecule has 0 saturated heterocycles. The number of rotatable bonds is 7. The van der Waals surface area contributed by atoms with Crippen LogP contribution in [0.3, 0.4) is 0 Å².